The van der Waals surface area contributed by atoms with Crippen LogP contribution in [0.5, 0.6) is 0 Å². The Labute approximate surface area is 192 Å². The molecule has 0 aromatic heterocycles. The zero-order valence-electron chi connectivity index (χ0n) is 14.4. The van der Waals surface area contributed by atoms with Crippen LogP contribution in [0.2, 0.25) is 0 Å². The van der Waals surface area contributed by atoms with Gasteiger partial charge in [-0.2, -0.15) is 0 Å². The van der Waals surface area contributed by atoms with Crippen molar-refractivity contribution >= 4 is 28.5 Å². The minimum atomic E-state index is 0. The first-order valence-electron chi connectivity index (χ1n) is 8.11. The van der Waals surface area contributed by atoms with E-state index in [-0.39, 0.29) is 58.9 Å². The van der Waals surface area contributed by atoms with Gasteiger partial charge >= 0.3 is 21.7 Å². The maximum absolute atomic E-state index is 2.30. The summed E-state index contributed by atoms with van der Waals surface area (Å²) in [6.45, 7) is 0. The standard InChI is InChI=1S/C23H16.3ClH.Ti/c1-2-6-16(7-3-1)20-13-11-18-12-14-21-19-9-5-4-8-17(19)10-15-22(21)23(18)20;;;;/h1-7,9-15H,8H2;3*1H;/q;;;;+3/p-3. The van der Waals surface area contributed by atoms with Crippen molar-refractivity contribution in [3.05, 3.63) is 100.0 Å². The van der Waals surface area contributed by atoms with Gasteiger partial charge in [-0.3, -0.25) is 0 Å². The monoisotopic (exact) mass is 445 g/mol. The second-order valence-corrected chi connectivity index (χ2v) is 6.18. The van der Waals surface area contributed by atoms with Crippen LogP contribution in [0.1, 0.15) is 16.7 Å². The molecular weight excluding hydrogens is 430 g/mol. The molecule has 0 nitrogen and oxygen atoms in total. The topological polar surface area (TPSA) is 0 Å². The summed E-state index contributed by atoms with van der Waals surface area (Å²) in [5.74, 6) is 0. The molecule has 27 heavy (non-hydrogen) atoms. The molecule has 3 aromatic carbocycles. The maximum Gasteiger partial charge on any atom is 3.00 e. The molecule has 0 spiro atoms. The van der Waals surface area contributed by atoms with E-state index in [1.807, 2.05) is 0 Å². The van der Waals surface area contributed by atoms with Crippen LogP contribution in [0.3, 0.4) is 0 Å². The Morgan fingerprint density at radius 1 is 0.704 bits per heavy atom. The molecule has 0 heterocycles. The molecule has 0 saturated carbocycles. The van der Waals surface area contributed by atoms with Crippen LogP contribution in [0, 0.1) is 0 Å². The average Bonchev–Trinajstić information content (AvgIpc) is 3.06. The summed E-state index contributed by atoms with van der Waals surface area (Å²) in [4.78, 5) is 0. The number of hydrogen-bond donors (Lipinski definition) is 0. The SMILES string of the molecule is C1=CCc2ccc3c4c(ccc3c2=C1)C=CC=4c1ccccc1.[Cl-].[Cl-].[Cl-].[Ti+3]. The molecule has 0 aliphatic heterocycles. The largest absolute Gasteiger partial charge is 3.00 e. The first-order valence-corrected chi connectivity index (χ1v) is 8.11. The fourth-order valence-electron chi connectivity index (χ4n) is 3.78. The number of fused-ring (bicyclic) bond motifs is 5. The quantitative estimate of drug-likeness (QED) is 0.329. The van der Waals surface area contributed by atoms with E-state index in [4.69, 9.17) is 0 Å². The number of allylic oxidation sites excluding steroid dienone is 3. The van der Waals surface area contributed by atoms with E-state index in [1.165, 1.54) is 43.5 Å². The van der Waals surface area contributed by atoms with E-state index < -0.39 is 0 Å². The summed E-state index contributed by atoms with van der Waals surface area (Å²) in [5, 5.41) is 5.48. The Balaban J connectivity index is 0.000000911. The van der Waals surface area contributed by atoms with Gasteiger partial charge in [0, 0.05) is 0 Å². The average molecular weight is 447 g/mol. The fourth-order valence-corrected chi connectivity index (χ4v) is 3.78. The van der Waals surface area contributed by atoms with E-state index in [2.05, 4.69) is 85.0 Å². The Morgan fingerprint density at radius 2 is 1.44 bits per heavy atom. The van der Waals surface area contributed by atoms with E-state index in [0.717, 1.165) is 6.42 Å². The van der Waals surface area contributed by atoms with E-state index in [1.54, 1.807) is 0 Å². The normalized spacial score (nSPS) is 12.5. The summed E-state index contributed by atoms with van der Waals surface area (Å²) in [5.41, 5.74) is 5.36. The Morgan fingerprint density at radius 3 is 2.22 bits per heavy atom. The minimum Gasteiger partial charge on any atom is -1.00 e. The molecule has 2 aliphatic rings. The molecule has 0 fully saturated rings. The molecule has 4 heteroatoms. The molecule has 0 amide bonds. The Kier molecular flexibility index (Phi) is 8.61. The van der Waals surface area contributed by atoms with Crippen molar-refractivity contribution < 1.29 is 58.9 Å². The van der Waals surface area contributed by atoms with Gasteiger partial charge in [-0.1, -0.05) is 85.0 Å². The van der Waals surface area contributed by atoms with Gasteiger partial charge in [0.1, 0.15) is 0 Å². The molecule has 5 rings (SSSR count). The second kappa shape index (κ2) is 9.78. The fraction of sp³-hybridized carbons (Fsp3) is 0.0435. The maximum atomic E-state index is 2.30. The first-order chi connectivity index (χ1) is 11.4. The van der Waals surface area contributed by atoms with E-state index in [0.29, 0.717) is 0 Å². The summed E-state index contributed by atoms with van der Waals surface area (Å²) in [6.07, 6.45) is 12.2. The van der Waals surface area contributed by atoms with Crippen LogP contribution in [-0.2, 0) is 28.1 Å². The first kappa shape index (κ1) is 23.8. The van der Waals surface area contributed by atoms with Gasteiger partial charge in [-0.15, -0.1) is 0 Å². The van der Waals surface area contributed by atoms with Crippen LogP contribution in [-0.4, -0.2) is 0 Å². The molecular formula is C23H16Cl3Ti. The summed E-state index contributed by atoms with van der Waals surface area (Å²) >= 11 is 0. The summed E-state index contributed by atoms with van der Waals surface area (Å²) in [6, 6.07) is 19.8. The van der Waals surface area contributed by atoms with Crippen molar-refractivity contribution in [1.82, 2.24) is 0 Å². The third-order valence-electron chi connectivity index (χ3n) is 4.89. The summed E-state index contributed by atoms with van der Waals surface area (Å²) < 4.78 is 0. The third-order valence-corrected chi connectivity index (χ3v) is 4.89. The van der Waals surface area contributed by atoms with E-state index in [9.17, 15) is 0 Å². The third kappa shape index (κ3) is 3.97. The predicted molar refractivity (Wildman–Crippen MR) is 98.5 cm³/mol. The molecule has 0 N–H and O–H groups in total. The Bertz CT molecular complexity index is 1130. The predicted octanol–water partition coefficient (Wildman–Crippen LogP) is -5.03. The van der Waals surface area contributed by atoms with Gasteiger partial charge in [0.05, 0.1) is 0 Å². The summed E-state index contributed by atoms with van der Waals surface area (Å²) in [7, 11) is 0. The zero-order valence-corrected chi connectivity index (χ0v) is 18.3. The Hall–Kier alpha value is -1.28. The van der Waals surface area contributed by atoms with Gasteiger partial charge in [-0.05, 0) is 49.9 Å². The molecule has 0 unspecified atom stereocenters. The van der Waals surface area contributed by atoms with Crippen molar-refractivity contribution in [3.8, 4) is 0 Å². The van der Waals surface area contributed by atoms with Crippen molar-refractivity contribution in [1.29, 1.82) is 0 Å². The van der Waals surface area contributed by atoms with Gasteiger partial charge in [0.25, 0.3) is 0 Å². The van der Waals surface area contributed by atoms with Crippen LogP contribution < -0.4 is 47.7 Å². The van der Waals surface area contributed by atoms with Gasteiger partial charge in [0.15, 0.2) is 0 Å². The van der Waals surface area contributed by atoms with Crippen molar-refractivity contribution in [2.24, 2.45) is 0 Å². The number of hydrogen-bond acceptors (Lipinski definition) is 0. The van der Waals surface area contributed by atoms with Crippen molar-refractivity contribution in [2.45, 2.75) is 6.42 Å². The molecule has 0 saturated heterocycles. The van der Waals surface area contributed by atoms with Crippen LogP contribution >= 0.6 is 0 Å². The smallest absolute Gasteiger partial charge is 1.00 e. The van der Waals surface area contributed by atoms with Gasteiger partial charge < -0.3 is 37.2 Å². The minimum absolute atomic E-state index is 0. The molecule has 1 radical (unpaired) electrons. The number of rotatable bonds is 1. The van der Waals surface area contributed by atoms with Gasteiger partial charge in [-0.25, -0.2) is 0 Å². The van der Waals surface area contributed by atoms with Gasteiger partial charge in [0.2, 0.25) is 0 Å². The van der Waals surface area contributed by atoms with Crippen LogP contribution in [0.15, 0.2) is 72.8 Å². The second-order valence-electron chi connectivity index (χ2n) is 6.18. The molecule has 0 atom stereocenters. The number of benzene rings is 3. The van der Waals surface area contributed by atoms with Crippen LogP contribution in [0.25, 0.3) is 28.5 Å². The zero-order chi connectivity index (χ0) is 15.2. The molecule has 133 valence electrons. The number of halogens is 3. The van der Waals surface area contributed by atoms with Crippen LogP contribution in [0.4, 0.5) is 0 Å². The van der Waals surface area contributed by atoms with Crippen molar-refractivity contribution in [2.75, 3.05) is 0 Å². The molecule has 3 aromatic rings. The molecule has 2 aliphatic carbocycles. The molecule has 0 bridgehead atoms. The van der Waals surface area contributed by atoms with E-state index >= 15 is 0 Å². The van der Waals surface area contributed by atoms with Crippen molar-refractivity contribution in [3.63, 3.8) is 0 Å².